The van der Waals surface area contributed by atoms with E-state index in [1.54, 1.807) is 24.4 Å². The van der Waals surface area contributed by atoms with Crippen LogP contribution in [-0.4, -0.2) is 19.7 Å². The van der Waals surface area contributed by atoms with Crippen LogP contribution in [0.3, 0.4) is 0 Å². The predicted octanol–water partition coefficient (Wildman–Crippen LogP) is -0.0423. The summed E-state index contributed by atoms with van der Waals surface area (Å²) in [6, 6.07) is 5.14. The second-order valence-electron chi connectivity index (χ2n) is 2.21. The third-order valence-electron chi connectivity index (χ3n) is 1.03. The Kier molecular flexibility index (Phi) is 2.61. The first-order valence-electron chi connectivity index (χ1n) is 3.22. The number of hydrazine groups is 1. The molecule has 1 aromatic rings. The van der Waals surface area contributed by atoms with Crippen LogP contribution in [0.5, 0.6) is 0 Å². The number of nitrogens with one attached hydrogen (secondary N) is 2. The van der Waals surface area contributed by atoms with Crippen molar-refractivity contribution in [3.63, 3.8) is 0 Å². The van der Waals surface area contributed by atoms with E-state index in [4.69, 9.17) is 0 Å². The van der Waals surface area contributed by atoms with Crippen molar-refractivity contribution < 1.29 is 8.42 Å². The summed E-state index contributed by atoms with van der Waals surface area (Å²) in [5, 5.41) is 0. The Morgan fingerprint density at radius 2 is 2.17 bits per heavy atom. The van der Waals surface area contributed by atoms with Gasteiger partial charge in [0.2, 0.25) is 10.0 Å². The van der Waals surface area contributed by atoms with Gasteiger partial charge in [-0.25, -0.2) is 13.4 Å². The number of aromatic nitrogens is 1. The highest BCUT2D eigenvalue weighted by Gasteiger charge is 1.98. The van der Waals surface area contributed by atoms with Gasteiger partial charge in [-0.3, -0.25) is 5.43 Å². The predicted molar refractivity (Wildman–Crippen MR) is 45.8 cm³/mol. The Bertz CT molecular complexity index is 335. The second-order valence-corrected chi connectivity index (χ2v) is 3.96. The number of hydrogen-bond acceptors (Lipinski definition) is 4. The molecule has 0 spiro atoms. The smallest absolute Gasteiger partial charge is 0.225 e. The molecular formula is C6H9N3O2S. The molecule has 0 aliphatic heterocycles. The highest BCUT2D eigenvalue weighted by Crippen LogP contribution is 1.96. The molecule has 5 nitrogen and oxygen atoms in total. The van der Waals surface area contributed by atoms with Crippen LogP contribution >= 0.6 is 0 Å². The van der Waals surface area contributed by atoms with Gasteiger partial charge in [-0.1, -0.05) is 6.07 Å². The van der Waals surface area contributed by atoms with Crippen LogP contribution in [0.4, 0.5) is 5.82 Å². The Balaban J connectivity index is 2.56. The standard InChI is InChI=1S/C6H9N3O2S/c1-12(10,11)9-8-6-4-2-3-5-7-6/h2-5,9H,1H3,(H,7,8). The van der Waals surface area contributed by atoms with Crippen LogP contribution in [0.1, 0.15) is 0 Å². The molecule has 0 saturated heterocycles. The van der Waals surface area contributed by atoms with Crippen molar-refractivity contribution in [2.24, 2.45) is 0 Å². The molecule has 0 aliphatic carbocycles. The zero-order chi connectivity index (χ0) is 9.03. The van der Waals surface area contributed by atoms with E-state index in [1.807, 2.05) is 0 Å². The molecule has 1 heterocycles. The Morgan fingerprint density at radius 1 is 1.42 bits per heavy atom. The summed E-state index contributed by atoms with van der Waals surface area (Å²) in [6.07, 6.45) is 2.62. The molecule has 12 heavy (non-hydrogen) atoms. The molecular weight excluding hydrogens is 178 g/mol. The number of pyridine rings is 1. The molecule has 0 aromatic carbocycles. The molecule has 1 rings (SSSR count). The maximum atomic E-state index is 10.6. The van der Waals surface area contributed by atoms with Gasteiger partial charge in [0.15, 0.2) is 0 Å². The summed E-state index contributed by atoms with van der Waals surface area (Å²) in [6.45, 7) is 0. The van der Waals surface area contributed by atoms with E-state index in [-0.39, 0.29) is 0 Å². The van der Waals surface area contributed by atoms with Crippen molar-refractivity contribution in [1.82, 2.24) is 9.82 Å². The summed E-state index contributed by atoms with van der Waals surface area (Å²) in [5.74, 6) is 0.461. The van der Waals surface area contributed by atoms with Crippen molar-refractivity contribution in [1.29, 1.82) is 0 Å². The maximum Gasteiger partial charge on any atom is 0.225 e. The average Bonchev–Trinajstić information content (AvgIpc) is 2.02. The van der Waals surface area contributed by atoms with E-state index in [1.165, 1.54) is 0 Å². The van der Waals surface area contributed by atoms with E-state index in [0.29, 0.717) is 5.82 Å². The van der Waals surface area contributed by atoms with Gasteiger partial charge in [0.05, 0.1) is 6.26 Å². The molecule has 0 fully saturated rings. The normalized spacial score (nSPS) is 11.1. The molecule has 66 valence electrons. The van der Waals surface area contributed by atoms with Gasteiger partial charge in [-0.05, 0) is 12.1 Å². The van der Waals surface area contributed by atoms with Gasteiger partial charge < -0.3 is 0 Å². The molecule has 0 unspecified atom stereocenters. The van der Waals surface area contributed by atoms with Crippen molar-refractivity contribution in [3.8, 4) is 0 Å². The molecule has 0 atom stereocenters. The maximum absolute atomic E-state index is 10.6. The van der Waals surface area contributed by atoms with Gasteiger partial charge >= 0.3 is 0 Å². The summed E-state index contributed by atoms with van der Waals surface area (Å²) in [5.41, 5.74) is 2.44. The third-order valence-corrected chi connectivity index (χ3v) is 1.50. The van der Waals surface area contributed by atoms with Gasteiger partial charge in [0.25, 0.3) is 0 Å². The van der Waals surface area contributed by atoms with Crippen molar-refractivity contribution in [3.05, 3.63) is 24.4 Å². The quantitative estimate of drug-likeness (QED) is 0.651. The van der Waals surface area contributed by atoms with Crippen LogP contribution in [0, 0.1) is 0 Å². The Labute approximate surface area is 70.8 Å². The van der Waals surface area contributed by atoms with Crippen LogP contribution in [0.2, 0.25) is 0 Å². The Hall–Kier alpha value is -1.14. The molecule has 0 radical (unpaired) electrons. The zero-order valence-electron chi connectivity index (χ0n) is 6.48. The largest absolute Gasteiger partial charge is 0.292 e. The second kappa shape index (κ2) is 3.51. The van der Waals surface area contributed by atoms with Crippen LogP contribution in [0.15, 0.2) is 24.4 Å². The number of rotatable bonds is 3. The minimum Gasteiger partial charge on any atom is -0.292 e. The minimum atomic E-state index is -3.22. The number of hydrogen-bond donors (Lipinski definition) is 2. The first-order chi connectivity index (χ1) is 5.58. The van der Waals surface area contributed by atoms with E-state index in [0.717, 1.165) is 6.26 Å². The molecule has 0 aliphatic rings. The summed E-state index contributed by atoms with van der Waals surface area (Å²) in [4.78, 5) is 5.94. The number of nitrogens with zero attached hydrogens (tertiary/aromatic N) is 1. The first-order valence-corrected chi connectivity index (χ1v) is 5.11. The fraction of sp³-hybridized carbons (Fsp3) is 0.167. The van der Waals surface area contributed by atoms with Crippen molar-refractivity contribution in [2.75, 3.05) is 11.7 Å². The molecule has 6 heteroatoms. The van der Waals surface area contributed by atoms with Crippen molar-refractivity contribution >= 4 is 15.8 Å². The van der Waals surface area contributed by atoms with Gasteiger partial charge in [0.1, 0.15) is 5.82 Å². The number of sulfonamides is 1. The molecule has 0 amide bonds. The SMILES string of the molecule is CS(=O)(=O)NNc1ccccn1. The van der Waals surface area contributed by atoms with Crippen LogP contribution in [0.25, 0.3) is 0 Å². The minimum absolute atomic E-state index is 0.461. The van der Waals surface area contributed by atoms with E-state index >= 15 is 0 Å². The highest BCUT2D eigenvalue weighted by atomic mass is 32.2. The monoisotopic (exact) mass is 187 g/mol. The lowest BCUT2D eigenvalue weighted by Crippen LogP contribution is -2.28. The third kappa shape index (κ3) is 3.31. The summed E-state index contributed by atoms with van der Waals surface area (Å²) in [7, 11) is -3.22. The fourth-order valence-corrected chi connectivity index (χ4v) is 0.872. The topological polar surface area (TPSA) is 71.1 Å². The zero-order valence-corrected chi connectivity index (χ0v) is 7.30. The van der Waals surface area contributed by atoms with E-state index < -0.39 is 10.0 Å². The van der Waals surface area contributed by atoms with Crippen molar-refractivity contribution in [2.45, 2.75) is 0 Å². The van der Waals surface area contributed by atoms with Gasteiger partial charge in [-0.2, -0.15) is 0 Å². The molecule has 0 saturated carbocycles. The van der Waals surface area contributed by atoms with Crippen LogP contribution < -0.4 is 10.3 Å². The van der Waals surface area contributed by atoms with Gasteiger partial charge in [-0.15, -0.1) is 4.83 Å². The van der Waals surface area contributed by atoms with E-state index in [9.17, 15) is 8.42 Å². The Morgan fingerprint density at radius 3 is 2.67 bits per heavy atom. The number of anilines is 1. The summed E-state index contributed by atoms with van der Waals surface area (Å²) >= 11 is 0. The molecule has 1 aromatic heterocycles. The van der Waals surface area contributed by atoms with E-state index in [2.05, 4.69) is 15.2 Å². The fourth-order valence-electron chi connectivity index (χ4n) is 0.582. The van der Waals surface area contributed by atoms with Gasteiger partial charge in [0, 0.05) is 6.20 Å². The average molecular weight is 187 g/mol. The highest BCUT2D eigenvalue weighted by molar-refractivity contribution is 7.88. The lowest BCUT2D eigenvalue weighted by Gasteiger charge is -2.03. The summed E-state index contributed by atoms with van der Waals surface area (Å²) < 4.78 is 21.2. The molecule has 0 bridgehead atoms. The lowest BCUT2D eigenvalue weighted by molar-refractivity contribution is 0.593. The molecule has 2 N–H and O–H groups in total. The lowest BCUT2D eigenvalue weighted by atomic mass is 10.5. The first kappa shape index (κ1) is 8.95. The van der Waals surface area contributed by atoms with Crippen LogP contribution in [-0.2, 0) is 10.0 Å².